The number of nitrogens with zero attached hydrogens (tertiary/aromatic N) is 1. The molecule has 0 aromatic carbocycles. The molecule has 2 amide bonds. The number of aromatic nitrogens is 1. The van der Waals surface area contributed by atoms with Crippen LogP contribution in [0.25, 0.3) is 0 Å². The first kappa shape index (κ1) is 18.6. The Morgan fingerprint density at radius 2 is 1.88 bits per heavy atom. The van der Waals surface area contributed by atoms with E-state index in [4.69, 9.17) is 15.3 Å². The van der Waals surface area contributed by atoms with Gasteiger partial charge in [0.05, 0.1) is 18.7 Å². The van der Waals surface area contributed by atoms with E-state index in [2.05, 4.69) is 4.98 Å². The molecule has 1 saturated carbocycles. The molecule has 0 radical (unpaired) electrons. The fourth-order valence-corrected chi connectivity index (χ4v) is 2.57. The van der Waals surface area contributed by atoms with Gasteiger partial charge in [0.2, 0.25) is 11.8 Å². The Bertz CT molecular complexity index is 661. The zero-order chi connectivity index (χ0) is 18.4. The highest BCUT2D eigenvalue weighted by Crippen LogP contribution is 2.28. The molecule has 0 unspecified atom stereocenters. The van der Waals surface area contributed by atoms with E-state index in [0.717, 1.165) is 0 Å². The third kappa shape index (κ3) is 4.86. The number of nitrogens with two attached hydrogens (primary N) is 1. The average molecular weight is 354 g/mol. The van der Waals surface area contributed by atoms with E-state index in [1.54, 1.807) is 5.43 Å². The second-order valence-corrected chi connectivity index (χ2v) is 5.53. The number of halogens is 1. The Morgan fingerprint density at radius 1 is 1.20 bits per heavy atom. The van der Waals surface area contributed by atoms with Gasteiger partial charge in [-0.05, 0) is 31.7 Å². The van der Waals surface area contributed by atoms with Crippen LogP contribution in [-0.4, -0.2) is 36.0 Å². The van der Waals surface area contributed by atoms with Crippen molar-refractivity contribution in [3.05, 3.63) is 18.1 Å². The maximum atomic E-state index is 13.9. The van der Waals surface area contributed by atoms with Crippen molar-refractivity contribution in [2.45, 2.75) is 31.8 Å². The van der Waals surface area contributed by atoms with Crippen LogP contribution in [0.2, 0.25) is 0 Å². The number of carbonyl (C=O) groups excluding carboxylic acids is 3. The van der Waals surface area contributed by atoms with Crippen molar-refractivity contribution in [1.29, 1.82) is 0 Å². The zero-order valence-electron chi connectivity index (χ0n) is 13.6. The molecule has 1 aromatic rings. The summed E-state index contributed by atoms with van der Waals surface area (Å²) in [4.78, 5) is 37.4. The van der Waals surface area contributed by atoms with Crippen LogP contribution in [-0.2, 0) is 19.1 Å². The molecule has 1 aliphatic carbocycles. The number of nitrogens with one attached hydrogen (secondary N) is 2. The summed E-state index contributed by atoms with van der Waals surface area (Å²) < 4.78 is 24.2. The van der Waals surface area contributed by atoms with Gasteiger partial charge in [0.25, 0.3) is 0 Å². The number of carbonyl (C=O) groups is 3. The normalized spacial score (nSPS) is 19.6. The molecule has 0 atom stereocenters. The Kier molecular flexibility index (Phi) is 6.23. The quantitative estimate of drug-likeness (QED) is 0.176. The van der Waals surface area contributed by atoms with E-state index in [1.165, 1.54) is 19.2 Å². The fraction of sp³-hybridized carbons (Fsp3) is 0.467. The van der Waals surface area contributed by atoms with Crippen LogP contribution in [0.3, 0.4) is 0 Å². The monoisotopic (exact) mass is 354 g/mol. The number of hydrogen-bond donors (Lipinski definition) is 3. The Labute approximate surface area is 143 Å². The maximum Gasteiger partial charge on any atom is 0.323 e. The predicted octanol–water partition coefficient (Wildman–Crippen LogP) is 0.260. The molecule has 4 N–H and O–H groups in total. The Hall–Kier alpha value is -2.75. The molecule has 0 saturated heterocycles. The molecular weight excluding hydrogens is 335 g/mol. The first-order chi connectivity index (χ1) is 11.9. The summed E-state index contributed by atoms with van der Waals surface area (Å²) in [5, 5.41) is 2.04. The predicted molar refractivity (Wildman–Crippen MR) is 83.5 cm³/mol. The summed E-state index contributed by atoms with van der Waals surface area (Å²) in [5.41, 5.74) is 1.37. The first-order valence-electron chi connectivity index (χ1n) is 7.67. The van der Waals surface area contributed by atoms with Gasteiger partial charge < -0.3 is 14.8 Å². The van der Waals surface area contributed by atoms with Crippen molar-refractivity contribution < 1.29 is 28.2 Å². The molecule has 0 spiro atoms. The molecule has 9 nitrogen and oxygen atoms in total. The molecule has 136 valence electrons. The van der Waals surface area contributed by atoms with Crippen LogP contribution in [0.5, 0.6) is 5.88 Å². The second-order valence-electron chi connectivity index (χ2n) is 5.53. The first-order valence-corrected chi connectivity index (χ1v) is 7.67. The van der Waals surface area contributed by atoms with Crippen LogP contribution in [0, 0.1) is 11.9 Å². The summed E-state index contributed by atoms with van der Waals surface area (Å²) in [5.74, 6) is 1.29. The smallest absolute Gasteiger partial charge is 0.323 e. The summed E-state index contributed by atoms with van der Waals surface area (Å²) in [7, 11) is 1.36. The van der Waals surface area contributed by atoms with Gasteiger partial charge in [-0.15, -0.1) is 0 Å². The number of anilines is 1. The topological polar surface area (TPSA) is 133 Å². The number of amides is 2. The van der Waals surface area contributed by atoms with Gasteiger partial charge in [-0.1, -0.05) is 0 Å². The van der Waals surface area contributed by atoms with Crippen LogP contribution in [0.4, 0.5) is 10.1 Å². The van der Waals surface area contributed by atoms with Crippen molar-refractivity contribution in [2.24, 2.45) is 11.8 Å². The molecule has 25 heavy (non-hydrogen) atoms. The highest BCUT2D eigenvalue weighted by atomic mass is 19.1. The summed E-state index contributed by atoms with van der Waals surface area (Å²) >= 11 is 0. The summed E-state index contributed by atoms with van der Waals surface area (Å²) in [6.07, 6.45) is 2.32. The lowest BCUT2D eigenvalue weighted by Gasteiger charge is -2.27. The van der Waals surface area contributed by atoms with Gasteiger partial charge in [0.1, 0.15) is 6.10 Å². The molecule has 0 aliphatic heterocycles. The van der Waals surface area contributed by atoms with Gasteiger partial charge in [0.15, 0.2) is 0 Å². The lowest BCUT2D eigenvalue weighted by Crippen LogP contribution is -2.39. The molecule has 1 aliphatic rings. The number of methoxy groups -OCH3 is 1. The van der Waals surface area contributed by atoms with Crippen LogP contribution >= 0.6 is 0 Å². The van der Waals surface area contributed by atoms with E-state index >= 15 is 0 Å². The molecule has 2 rings (SSSR count). The van der Waals surface area contributed by atoms with E-state index < -0.39 is 17.8 Å². The van der Waals surface area contributed by atoms with Crippen molar-refractivity contribution >= 4 is 23.5 Å². The average Bonchev–Trinajstić information content (AvgIpc) is 2.63. The van der Waals surface area contributed by atoms with Crippen LogP contribution < -0.4 is 21.3 Å². The van der Waals surface area contributed by atoms with E-state index in [-0.39, 0.29) is 29.6 Å². The third-order valence-electron chi connectivity index (χ3n) is 3.90. The number of hydrazine groups is 1. The summed E-state index contributed by atoms with van der Waals surface area (Å²) in [6.45, 7) is 0. The Balaban J connectivity index is 1.92. The SMILES string of the molecule is COC(=O)[C@H]1CC[C@@H](Oc2ccc(NC(=O)C(=O)NN)c(F)n2)CC1. The Morgan fingerprint density at radius 3 is 2.44 bits per heavy atom. The molecule has 1 fully saturated rings. The van der Waals surface area contributed by atoms with E-state index in [0.29, 0.717) is 25.7 Å². The minimum Gasteiger partial charge on any atom is -0.474 e. The van der Waals surface area contributed by atoms with E-state index in [1.807, 2.05) is 5.32 Å². The van der Waals surface area contributed by atoms with Crippen LogP contribution in [0.15, 0.2) is 12.1 Å². The molecule has 1 heterocycles. The number of ether oxygens (including phenoxy) is 2. The highest BCUT2D eigenvalue weighted by molar-refractivity contribution is 6.39. The second kappa shape index (κ2) is 8.38. The molecule has 1 aromatic heterocycles. The molecular formula is C15H19FN4O5. The van der Waals surface area contributed by atoms with E-state index in [9.17, 15) is 18.8 Å². The zero-order valence-corrected chi connectivity index (χ0v) is 13.6. The van der Waals surface area contributed by atoms with Gasteiger partial charge in [-0.25, -0.2) is 5.84 Å². The highest BCUT2D eigenvalue weighted by Gasteiger charge is 2.28. The van der Waals surface area contributed by atoms with Crippen molar-refractivity contribution in [2.75, 3.05) is 12.4 Å². The maximum absolute atomic E-state index is 13.9. The fourth-order valence-electron chi connectivity index (χ4n) is 2.57. The lowest BCUT2D eigenvalue weighted by atomic mass is 9.87. The van der Waals surface area contributed by atoms with Crippen molar-refractivity contribution in [3.8, 4) is 5.88 Å². The third-order valence-corrected chi connectivity index (χ3v) is 3.90. The number of pyridine rings is 1. The van der Waals surface area contributed by atoms with Crippen molar-refractivity contribution in [1.82, 2.24) is 10.4 Å². The minimum absolute atomic E-state index is 0.0558. The largest absolute Gasteiger partial charge is 0.474 e. The molecule has 0 bridgehead atoms. The minimum atomic E-state index is -1.11. The van der Waals surface area contributed by atoms with Gasteiger partial charge in [-0.3, -0.25) is 19.8 Å². The van der Waals surface area contributed by atoms with Gasteiger partial charge in [-0.2, -0.15) is 9.37 Å². The molecule has 10 heteroatoms. The van der Waals surface area contributed by atoms with Gasteiger partial charge >= 0.3 is 17.8 Å². The van der Waals surface area contributed by atoms with Gasteiger partial charge in [0, 0.05) is 6.07 Å². The standard InChI is InChI=1S/C15H19FN4O5/c1-24-15(23)8-2-4-9(5-3-8)25-11-7-6-10(12(16)19-11)18-13(21)14(22)20-17/h6-9H,2-5,17H2,1H3,(H,18,21)(H,20,22)/t8-,9+. The van der Waals surface area contributed by atoms with Crippen molar-refractivity contribution in [3.63, 3.8) is 0 Å². The van der Waals surface area contributed by atoms with Crippen LogP contribution in [0.1, 0.15) is 25.7 Å². The number of rotatable bonds is 4. The summed E-state index contributed by atoms with van der Waals surface area (Å²) in [6, 6.07) is 2.62. The number of esters is 1. The lowest BCUT2D eigenvalue weighted by molar-refractivity contribution is -0.147. The number of hydrogen-bond acceptors (Lipinski definition) is 7.